The number of anilines is 1. The van der Waals surface area contributed by atoms with Crippen molar-refractivity contribution in [3.8, 4) is 6.07 Å². The molecule has 0 N–H and O–H groups in total. The van der Waals surface area contributed by atoms with Gasteiger partial charge in [-0.1, -0.05) is 12.8 Å². The summed E-state index contributed by atoms with van der Waals surface area (Å²) in [5, 5.41) is 8.80. The lowest BCUT2D eigenvalue weighted by atomic mass is 9.90. The van der Waals surface area contributed by atoms with Crippen LogP contribution < -0.4 is 4.90 Å². The number of nitriles is 1. The van der Waals surface area contributed by atoms with Gasteiger partial charge in [0.1, 0.15) is 11.9 Å². The Kier molecular flexibility index (Phi) is 3.16. The first-order chi connectivity index (χ1) is 8.88. The van der Waals surface area contributed by atoms with Crippen LogP contribution >= 0.6 is 0 Å². The van der Waals surface area contributed by atoms with Gasteiger partial charge in [-0.25, -0.2) is 4.98 Å². The molecule has 2 fully saturated rings. The molecule has 3 rings (SSSR count). The molecular weight excluding hydrogens is 226 g/mol. The van der Waals surface area contributed by atoms with E-state index in [4.69, 9.17) is 10.00 Å². The fraction of sp³-hybridized carbons (Fsp3) is 0.571. The normalized spacial score (nSPS) is 27.4. The lowest BCUT2D eigenvalue weighted by Crippen LogP contribution is -2.53. The molecule has 2 aliphatic rings. The van der Waals surface area contributed by atoms with Crippen molar-refractivity contribution in [2.75, 3.05) is 18.1 Å². The number of aromatic nitrogens is 1. The minimum atomic E-state index is 0.366. The molecule has 2 unspecified atom stereocenters. The van der Waals surface area contributed by atoms with E-state index in [9.17, 15) is 0 Å². The van der Waals surface area contributed by atoms with Crippen LogP contribution in [-0.2, 0) is 4.74 Å². The van der Waals surface area contributed by atoms with Crippen LogP contribution in [0.25, 0.3) is 0 Å². The highest BCUT2D eigenvalue weighted by molar-refractivity contribution is 5.43. The number of hydrogen-bond acceptors (Lipinski definition) is 4. The van der Waals surface area contributed by atoms with Crippen LogP contribution in [0.1, 0.15) is 31.2 Å². The SMILES string of the molecule is N#Cc1ccc(N2CCOC3CCCCC32)nc1. The van der Waals surface area contributed by atoms with Crippen LogP contribution in [0.2, 0.25) is 0 Å². The smallest absolute Gasteiger partial charge is 0.128 e. The molecule has 94 valence electrons. The first kappa shape index (κ1) is 11.5. The topological polar surface area (TPSA) is 49.2 Å². The number of nitrogens with zero attached hydrogens (tertiary/aromatic N) is 3. The van der Waals surface area contributed by atoms with Crippen LogP contribution in [0.15, 0.2) is 18.3 Å². The Labute approximate surface area is 107 Å². The van der Waals surface area contributed by atoms with Gasteiger partial charge in [0.25, 0.3) is 0 Å². The Bertz CT molecular complexity index is 449. The summed E-state index contributed by atoms with van der Waals surface area (Å²) in [6, 6.07) is 6.37. The summed E-state index contributed by atoms with van der Waals surface area (Å²) < 4.78 is 5.86. The van der Waals surface area contributed by atoms with E-state index in [-0.39, 0.29) is 0 Å². The van der Waals surface area contributed by atoms with Crippen LogP contribution in [-0.4, -0.2) is 30.3 Å². The molecule has 1 aromatic rings. The summed E-state index contributed by atoms with van der Waals surface area (Å²) in [6.07, 6.45) is 6.92. The zero-order valence-corrected chi connectivity index (χ0v) is 10.4. The molecule has 18 heavy (non-hydrogen) atoms. The van der Waals surface area contributed by atoms with Gasteiger partial charge in [0.15, 0.2) is 0 Å². The molecule has 2 heterocycles. The third-order valence-corrected chi connectivity index (χ3v) is 3.90. The van der Waals surface area contributed by atoms with Gasteiger partial charge in [0, 0.05) is 12.7 Å². The molecule has 1 aliphatic carbocycles. The molecule has 4 heteroatoms. The Morgan fingerprint density at radius 2 is 2.22 bits per heavy atom. The molecule has 0 aromatic carbocycles. The predicted octanol–water partition coefficient (Wildman–Crippen LogP) is 2.10. The van der Waals surface area contributed by atoms with E-state index >= 15 is 0 Å². The van der Waals surface area contributed by atoms with Gasteiger partial charge >= 0.3 is 0 Å². The molecule has 4 nitrogen and oxygen atoms in total. The van der Waals surface area contributed by atoms with Crippen molar-refractivity contribution >= 4 is 5.82 Å². The van der Waals surface area contributed by atoms with Crippen LogP contribution in [0.5, 0.6) is 0 Å². The molecule has 1 aromatic heterocycles. The predicted molar refractivity (Wildman–Crippen MR) is 68.3 cm³/mol. The number of fused-ring (bicyclic) bond motifs is 1. The Hall–Kier alpha value is -1.60. The first-order valence-corrected chi connectivity index (χ1v) is 6.63. The van der Waals surface area contributed by atoms with Crippen molar-refractivity contribution in [2.24, 2.45) is 0 Å². The van der Waals surface area contributed by atoms with Gasteiger partial charge in [0.05, 0.1) is 24.3 Å². The van der Waals surface area contributed by atoms with E-state index < -0.39 is 0 Å². The van der Waals surface area contributed by atoms with Crippen molar-refractivity contribution < 1.29 is 4.74 Å². The minimum absolute atomic E-state index is 0.366. The molecule has 0 bridgehead atoms. The van der Waals surface area contributed by atoms with Crippen LogP contribution in [0.4, 0.5) is 5.82 Å². The standard InChI is InChI=1S/C14H17N3O/c15-9-11-5-6-14(16-10-11)17-7-8-18-13-4-2-1-3-12(13)17/h5-6,10,12-13H,1-4,7-8H2. The summed E-state index contributed by atoms with van der Waals surface area (Å²) in [6.45, 7) is 1.68. The molecule has 0 spiro atoms. The Morgan fingerprint density at radius 1 is 1.33 bits per heavy atom. The quantitative estimate of drug-likeness (QED) is 0.758. The maximum absolute atomic E-state index is 8.80. The van der Waals surface area contributed by atoms with Crippen molar-refractivity contribution in [3.63, 3.8) is 0 Å². The van der Waals surface area contributed by atoms with E-state index in [0.717, 1.165) is 25.4 Å². The van der Waals surface area contributed by atoms with Crippen molar-refractivity contribution in [1.82, 2.24) is 4.98 Å². The molecule has 0 amide bonds. The lowest BCUT2D eigenvalue weighted by Gasteiger charge is -2.44. The zero-order valence-electron chi connectivity index (χ0n) is 10.4. The number of ether oxygens (including phenoxy) is 1. The van der Waals surface area contributed by atoms with Crippen molar-refractivity contribution in [3.05, 3.63) is 23.9 Å². The Balaban J connectivity index is 1.82. The van der Waals surface area contributed by atoms with Gasteiger partial charge in [-0.05, 0) is 25.0 Å². The molecule has 2 atom stereocenters. The Morgan fingerprint density at radius 3 is 3.00 bits per heavy atom. The van der Waals surface area contributed by atoms with Gasteiger partial charge < -0.3 is 9.64 Å². The van der Waals surface area contributed by atoms with E-state index in [1.165, 1.54) is 19.3 Å². The maximum atomic E-state index is 8.80. The number of hydrogen-bond donors (Lipinski definition) is 0. The van der Waals surface area contributed by atoms with E-state index in [2.05, 4.69) is 16.0 Å². The third kappa shape index (κ3) is 2.06. The van der Waals surface area contributed by atoms with Gasteiger partial charge in [0.2, 0.25) is 0 Å². The van der Waals surface area contributed by atoms with E-state index in [1.807, 2.05) is 12.1 Å². The molecule has 1 aliphatic heterocycles. The van der Waals surface area contributed by atoms with E-state index in [0.29, 0.717) is 17.7 Å². The zero-order chi connectivity index (χ0) is 12.4. The summed E-state index contributed by atoms with van der Waals surface area (Å²) in [5.74, 6) is 0.981. The monoisotopic (exact) mass is 243 g/mol. The van der Waals surface area contributed by atoms with Crippen molar-refractivity contribution in [1.29, 1.82) is 5.26 Å². The average molecular weight is 243 g/mol. The fourth-order valence-electron chi connectivity index (χ4n) is 3.00. The highest BCUT2D eigenvalue weighted by atomic mass is 16.5. The molecule has 0 radical (unpaired) electrons. The summed E-state index contributed by atoms with van der Waals surface area (Å²) in [5.41, 5.74) is 0.618. The molecule has 1 saturated heterocycles. The number of pyridine rings is 1. The first-order valence-electron chi connectivity index (χ1n) is 6.63. The second-order valence-corrected chi connectivity index (χ2v) is 4.97. The average Bonchev–Trinajstić information content (AvgIpc) is 2.47. The third-order valence-electron chi connectivity index (χ3n) is 3.90. The fourth-order valence-corrected chi connectivity index (χ4v) is 3.00. The highest BCUT2D eigenvalue weighted by Crippen LogP contribution is 2.30. The van der Waals surface area contributed by atoms with Gasteiger partial charge in [-0.15, -0.1) is 0 Å². The van der Waals surface area contributed by atoms with Gasteiger partial charge in [-0.3, -0.25) is 0 Å². The van der Waals surface area contributed by atoms with Gasteiger partial charge in [-0.2, -0.15) is 5.26 Å². The summed E-state index contributed by atoms with van der Waals surface area (Å²) in [4.78, 5) is 6.77. The summed E-state index contributed by atoms with van der Waals surface area (Å²) >= 11 is 0. The van der Waals surface area contributed by atoms with Crippen LogP contribution in [0.3, 0.4) is 0 Å². The second-order valence-electron chi connectivity index (χ2n) is 4.97. The summed E-state index contributed by atoms with van der Waals surface area (Å²) in [7, 11) is 0. The minimum Gasteiger partial charge on any atom is -0.374 e. The molecule has 1 saturated carbocycles. The number of rotatable bonds is 1. The largest absolute Gasteiger partial charge is 0.374 e. The van der Waals surface area contributed by atoms with E-state index in [1.54, 1.807) is 6.20 Å². The maximum Gasteiger partial charge on any atom is 0.128 e. The highest BCUT2D eigenvalue weighted by Gasteiger charge is 2.34. The number of morpholine rings is 1. The van der Waals surface area contributed by atoms with Crippen molar-refractivity contribution in [2.45, 2.75) is 37.8 Å². The second kappa shape index (κ2) is 4.95. The lowest BCUT2D eigenvalue weighted by molar-refractivity contribution is -0.00898. The molecular formula is C14H17N3O. The van der Waals surface area contributed by atoms with Crippen LogP contribution in [0, 0.1) is 11.3 Å².